The summed E-state index contributed by atoms with van der Waals surface area (Å²) in [6, 6.07) is 8.57. The number of fused-ring (bicyclic) bond motifs is 1. The van der Waals surface area contributed by atoms with Gasteiger partial charge in [0.15, 0.2) is 17.2 Å². The first kappa shape index (κ1) is 15.6. The van der Waals surface area contributed by atoms with Crippen LogP contribution in [0.25, 0.3) is 5.65 Å². The zero-order valence-electron chi connectivity index (χ0n) is 12.7. The second kappa shape index (κ2) is 6.45. The van der Waals surface area contributed by atoms with Gasteiger partial charge in [0, 0.05) is 6.20 Å². The number of esters is 1. The number of azo groups is 1. The summed E-state index contributed by atoms with van der Waals surface area (Å²) in [7, 11) is 1.27. The third-order valence-corrected chi connectivity index (χ3v) is 3.30. The fourth-order valence-electron chi connectivity index (χ4n) is 2.13. The second-order valence-corrected chi connectivity index (χ2v) is 4.90. The van der Waals surface area contributed by atoms with Crippen LogP contribution >= 0.6 is 0 Å². The molecule has 0 aliphatic carbocycles. The highest BCUT2D eigenvalue weighted by Gasteiger charge is 2.17. The molecule has 24 heavy (non-hydrogen) atoms. The summed E-state index contributed by atoms with van der Waals surface area (Å²) in [4.78, 5) is 15.8. The van der Waals surface area contributed by atoms with Crippen molar-refractivity contribution in [3.63, 3.8) is 0 Å². The Morgan fingerprint density at radius 3 is 2.75 bits per heavy atom. The molecule has 7 nitrogen and oxygen atoms in total. The van der Waals surface area contributed by atoms with E-state index in [1.54, 1.807) is 12.3 Å². The van der Waals surface area contributed by atoms with Gasteiger partial charge >= 0.3 is 5.97 Å². The van der Waals surface area contributed by atoms with Gasteiger partial charge in [0.05, 0.1) is 24.9 Å². The molecule has 2 aromatic heterocycles. The summed E-state index contributed by atoms with van der Waals surface area (Å²) in [6.45, 7) is 0. The Hall–Kier alpha value is -3.29. The Bertz CT molecular complexity index is 919. The number of halogens is 1. The lowest BCUT2D eigenvalue weighted by Gasteiger charge is -1.99. The number of nitrogens with zero attached hydrogens (tertiary/aromatic N) is 4. The molecule has 0 atom stereocenters. The molecule has 0 spiro atoms. The van der Waals surface area contributed by atoms with Crippen LogP contribution in [0.1, 0.15) is 5.69 Å². The maximum absolute atomic E-state index is 12.9. The van der Waals surface area contributed by atoms with Gasteiger partial charge in [-0.05, 0) is 36.4 Å². The average molecular weight is 328 g/mol. The maximum atomic E-state index is 12.9. The molecule has 1 aromatic carbocycles. The van der Waals surface area contributed by atoms with Gasteiger partial charge in [0.25, 0.3) is 0 Å². The van der Waals surface area contributed by atoms with Crippen LogP contribution in [-0.2, 0) is 16.0 Å². The van der Waals surface area contributed by atoms with Crippen LogP contribution in [-0.4, -0.2) is 27.6 Å². The standard InChI is InChI=1S/C16H13FN4O3/c1-24-14(23)9-12-15(20-19-11-6-4-10(17)5-7-11)21-8-2-3-13(22)16(21)18-12/h2-8,22H,9H2,1H3. The molecular weight excluding hydrogens is 315 g/mol. The van der Waals surface area contributed by atoms with Crippen LogP contribution in [0.3, 0.4) is 0 Å². The molecule has 122 valence electrons. The highest BCUT2D eigenvalue weighted by Crippen LogP contribution is 2.28. The number of benzene rings is 1. The van der Waals surface area contributed by atoms with Gasteiger partial charge in [0.1, 0.15) is 5.82 Å². The fourth-order valence-corrected chi connectivity index (χ4v) is 2.13. The summed E-state index contributed by atoms with van der Waals surface area (Å²) < 4.78 is 19.1. The van der Waals surface area contributed by atoms with Gasteiger partial charge in [-0.15, -0.1) is 10.2 Å². The van der Waals surface area contributed by atoms with E-state index in [-0.39, 0.29) is 29.5 Å². The third-order valence-electron chi connectivity index (χ3n) is 3.30. The zero-order chi connectivity index (χ0) is 17.1. The minimum atomic E-state index is -0.490. The molecule has 0 amide bonds. The van der Waals surface area contributed by atoms with Crippen LogP contribution in [0.4, 0.5) is 15.9 Å². The summed E-state index contributed by atoms with van der Waals surface area (Å²) in [5, 5.41) is 18.0. The number of hydrogen-bond acceptors (Lipinski definition) is 6. The molecule has 3 aromatic rings. The van der Waals surface area contributed by atoms with Gasteiger partial charge < -0.3 is 9.84 Å². The first-order valence-corrected chi connectivity index (χ1v) is 7.01. The molecular formula is C16H13FN4O3. The van der Waals surface area contributed by atoms with Gasteiger partial charge in [0.2, 0.25) is 0 Å². The summed E-state index contributed by atoms with van der Waals surface area (Å²) >= 11 is 0. The summed E-state index contributed by atoms with van der Waals surface area (Å²) in [6.07, 6.45) is 1.53. The van der Waals surface area contributed by atoms with E-state index in [1.807, 2.05) is 0 Å². The Kier molecular flexibility index (Phi) is 4.19. The normalized spacial score (nSPS) is 11.2. The minimum Gasteiger partial charge on any atom is -0.504 e. The number of aromatic nitrogens is 2. The fraction of sp³-hybridized carbons (Fsp3) is 0.125. The number of methoxy groups -OCH3 is 1. The second-order valence-electron chi connectivity index (χ2n) is 4.90. The first-order valence-electron chi connectivity index (χ1n) is 7.01. The van der Waals surface area contributed by atoms with E-state index in [0.717, 1.165) is 0 Å². The average Bonchev–Trinajstić information content (AvgIpc) is 2.93. The molecule has 1 N–H and O–H groups in total. The van der Waals surface area contributed by atoms with Crippen molar-refractivity contribution >= 4 is 23.1 Å². The number of carbonyl (C=O) groups excluding carboxylic acids is 1. The number of hydrogen-bond donors (Lipinski definition) is 1. The predicted octanol–water partition coefficient (Wildman–Crippen LogP) is 3.31. The molecule has 0 bridgehead atoms. The molecule has 3 rings (SSSR count). The summed E-state index contributed by atoms with van der Waals surface area (Å²) in [5.41, 5.74) is 1.01. The Balaban J connectivity index is 2.06. The van der Waals surface area contributed by atoms with Crippen molar-refractivity contribution in [2.45, 2.75) is 6.42 Å². The van der Waals surface area contributed by atoms with Crippen LogP contribution in [0.15, 0.2) is 52.8 Å². The number of pyridine rings is 1. The quantitative estimate of drug-likeness (QED) is 0.588. The topological polar surface area (TPSA) is 88.5 Å². The molecule has 0 saturated carbocycles. The molecule has 2 heterocycles. The molecule has 0 fully saturated rings. The van der Waals surface area contributed by atoms with Crippen molar-refractivity contribution in [2.75, 3.05) is 7.11 Å². The van der Waals surface area contributed by atoms with Gasteiger partial charge in [-0.1, -0.05) is 0 Å². The van der Waals surface area contributed by atoms with Crippen LogP contribution in [0.5, 0.6) is 5.75 Å². The van der Waals surface area contributed by atoms with E-state index in [1.165, 1.54) is 41.8 Å². The van der Waals surface area contributed by atoms with E-state index in [2.05, 4.69) is 19.9 Å². The van der Waals surface area contributed by atoms with Gasteiger partial charge in [-0.3, -0.25) is 9.20 Å². The van der Waals surface area contributed by atoms with Crippen molar-refractivity contribution in [1.29, 1.82) is 0 Å². The number of aromatic hydroxyl groups is 1. The number of rotatable bonds is 4. The third kappa shape index (κ3) is 3.07. The molecule has 0 radical (unpaired) electrons. The van der Waals surface area contributed by atoms with Crippen molar-refractivity contribution in [3.05, 3.63) is 54.1 Å². The van der Waals surface area contributed by atoms with Crippen LogP contribution < -0.4 is 0 Å². The van der Waals surface area contributed by atoms with Crippen molar-refractivity contribution in [3.8, 4) is 5.75 Å². The van der Waals surface area contributed by atoms with E-state index < -0.39 is 5.97 Å². The highest BCUT2D eigenvalue weighted by molar-refractivity contribution is 5.74. The minimum absolute atomic E-state index is 0.0492. The molecule has 0 unspecified atom stereocenters. The Morgan fingerprint density at radius 2 is 2.04 bits per heavy atom. The molecule has 8 heteroatoms. The highest BCUT2D eigenvalue weighted by atomic mass is 19.1. The van der Waals surface area contributed by atoms with Crippen molar-refractivity contribution in [1.82, 2.24) is 9.38 Å². The van der Waals surface area contributed by atoms with Crippen molar-refractivity contribution < 1.29 is 19.0 Å². The van der Waals surface area contributed by atoms with E-state index in [4.69, 9.17) is 0 Å². The van der Waals surface area contributed by atoms with Gasteiger partial charge in [-0.25, -0.2) is 9.37 Å². The van der Waals surface area contributed by atoms with Crippen LogP contribution in [0, 0.1) is 5.82 Å². The lowest BCUT2D eigenvalue weighted by molar-refractivity contribution is -0.139. The van der Waals surface area contributed by atoms with E-state index in [0.29, 0.717) is 11.4 Å². The van der Waals surface area contributed by atoms with Crippen molar-refractivity contribution in [2.24, 2.45) is 10.2 Å². The number of carbonyl (C=O) groups is 1. The molecule has 0 saturated heterocycles. The largest absolute Gasteiger partial charge is 0.504 e. The predicted molar refractivity (Wildman–Crippen MR) is 83.2 cm³/mol. The smallest absolute Gasteiger partial charge is 0.311 e. The number of imidazole rings is 1. The SMILES string of the molecule is COC(=O)Cc1nc2c(O)cccn2c1N=Nc1ccc(F)cc1. The summed E-state index contributed by atoms with van der Waals surface area (Å²) in [5.74, 6) is -0.626. The van der Waals surface area contributed by atoms with E-state index in [9.17, 15) is 14.3 Å². The molecule has 0 aliphatic heterocycles. The Morgan fingerprint density at radius 1 is 1.29 bits per heavy atom. The number of ether oxygens (including phenoxy) is 1. The lowest BCUT2D eigenvalue weighted by Crippen LogP contribution is -2.04. The first-order chi connectivity index (χ1) is 11.6. The van der Waals surface area contributed by atoms with E-state index >= 15 is 0 Å². The lowest BCUT2D eigenvalue weighted by atomic mass is 10.3. The zero-order valence-corrected chi connectivity index (χ0v) is 12.7. The van der Waals surface area contributed by atoms with Crippen LogP contribution in [0.2, 0.25) is 0 Å². The maximum Gasteiger partial charge on any atom is 0.311 e. The molecule has 0 aliphatic rings. The van der Waals surface area contributed by atoms with Gasteiger partial charge in [-0.2, -0.15) is 0 Å². The Labute approximate surface area is 136 Å². The monoisotopic (exact) mass is 328 g/mol.